The average Bonchev–Trinajstić information content (AvgIpc) is 2.96. The Hall–Kier alpha value is -2.31. The molecule has 2 aromatic heterocycles. The second-order valence-corrected chi connectivity index (χ2v) is 7.10. The van der Waals surface area contributed by atoms with Gasteiger partial charge in [0.25, 0.3) is 0 Å². The number of amides is 1. The maximum absolute atomic E-state index is 12.5. The van der Waals surface area contributed by atoms with Gasteiger partial charge < -0.3 is 9.88 Å². The smallest absolute Gasteiger partial charge is 0.230 e. The normalized spacial score (nSPS) is 17.6. The molecule has 3 heterocycles. The molecule has 0 fully saturated rings. The van der Waals surface area contributed by atoms with Crippen LogP contribution in [0.1, 0.15) is 45.4 Å². The summed E-state index contributed by atoms with van der Waals surface area (Å²) >= 11 is 0. The van der Waals surface area contributed by atoms with E-state index in [1.54, 1.807) is 18.6 Å². The fraction of sp³-hybridized carbons (Fsp3) is 0.562. The van der Waals surface area contributed by atoms with Crippen molar-refractivity contribution in [2.24, 2.45) is 5.41 Å². The highest BCUT2D eigenvalue weighted by atomic mass is 16.1. The summed E-state index contributed by atoms with van der Waals surface area (Å²) in [6.07, 6.45) is 6.65. The van der Waals surface area contributed by atoms with E-state index in [4.69, 9.17) is 0 Å². The largest absolute Gasteiger partial charge is 0.355 e. The Balaban J connectivity index is 1.84. The average molecular weight is 314 g/mol. The summed E-state index contributed by atoms with van der Waals surface area (Å²) in [6, 6.07) is 0. The fourth-order valence-electron chi connectivity index (χ4n) is 2.70. The summed E-state index contributed by atoms with van der Waals surface area (Å²) in [7, 11) is 0. The molecular formula is C16H22N6O. The van der Waals surface area contributed by atoms with E-state index in [-0.39, 0.29) is 17.2 Å². The van der Waals surface area contributed by atoms with E-state index < -0.39 is 0 Å². The van der Waals surface area contributed by atoms with Crippen molar-refractivity contribution in [3.63, 3.8) is 0 Å². The number of fused-ring (bicyclic) bond motifs is 1. The molecule has 1 aliphatic rings. The number of hydrogen-bond acceptors (Lipinski definition) is 5. The van der Waals surface area contributed by atoms with Crippen LogP contribution in [0, 0.1) is 5.41 Å². The number of aromatic nitrogens is 5. The van der Waals surface area contributed by atoms with Gasteiger partial charge in [0, 0.05) is 25.5 Å². The van der Waals surface area contributed by atoms with Crippen LogP contribution < -0.4 is 5.32 Å². The number of nitrogens with zero attached hydrogens (tertiary/aromatic N) is 5. The molecule has 7 nitrogen and oxygen atoms in total. The minimum absolute atomic E-state index is 0.0268. The van der Waals surface area contributed by atoms with Crippen LogP contribution >= 0.6 is 0 Å². The first-order valence-electron chi connectivity index (χ1n) is 7.93. The molecule has 0 saturated carbocycles. The number of hydrogen-bond donors (Lipinski definition) is 1. The van der Waals surface area contributed by atoms with Crippen molar-refractivity contribution in [3.05, 3.63) is 24.4 Å². The van der Waals surface area contributed by atoms with Gasteiger partial charge >= 0.3 is 0 Å². The molecule has 1 N–H and O–H groups in total. The van der Waals surface area contributed by atoms with Gasteiger partial charge in [-0.1, -0.05) is 20.8 Å². The van der Waals surface area contributed by atoms with Gasteiger partial charge in [0.15, 0.2) is 5.82 Å². The third-order valence-electron chi connectivity index (χ3n) is 3.87. The molecule has 1 atom stereocenters. The quantitative estimate of drug-likeness (QED) is 0.933. The molecule has 0 radical (unpaired) electrons. The van der Waals surface area contributed by atoms with Gasteiger partial charge in [-0.3, -0.25) is 9.78 Å². The molecule has 2 aromatic rings. The highest BCUT2D eigenvalue weighted by Crippen LogP contribution is 2.29. The summed E-state index contributed by atoms with van der Waals surface area (Å²) in [4.78, 5) is 20.9. The van der Waals surface area contributed by atoms with E-state index in [1.807, 2.05) is 4.57 Å². The third kappa shape index (κ3) is 3.38. The van der Waals surface area contributed by atoms with Gasteiger partial charge in [-0.2, -0.15) is 0 Å². The lowest BCUT2D eigenvalue weighted by atomic mass is 9.94. The van der Waals surface area contributed by atoms with Crippen molar-refractivity contribution in [3.8, 4) is 11.5 Å². The third-order valence-corrected chi connectivity index (χ3v) is 3.87. The minimum atomic E-state index is -0.246. The van der Waals surface area contributed by atoms with Gasteiger partial charge in [-0.15, -0.1) is 10.2 Å². The molecule has 7 heteroatoms. The summed E-state index contributed by atoms with van der Waals surface area (Å²) < 4.78 is 1.99. The second kappa shape index (κ2) is 6.06. The predicted molar refractivity (Wildman–Crippen MR) is 85.5 cm³/mol. The number of rotatable bonds is 3. The van der Waals surface area contributed by atoms with E-state index >= 15 is 0 Å². The van der Waals surface area contributed by atoms with Crippen LogP contribution in [0.2, 0.25) is 0 Å². The Bertz CT molecular complexity index is 688. The highest BCUT2D eigenvalue weighted by molar-refractivity contribution is 5.83. The van der Waals surface area contributed by atoms with Gasteiger partial charge in [0.1, 0.15) is 11.5 Å². The highest BCUT2D eigenvalue weighted by Gasteiger charge is 2.31. The first-order chi connectivity index (χ1) is 11.0. The van der Waals surface area contributed by atoms with Crippen molar-refractivity contribution in [1.82, 2.24) is 30.0 Å². The van der Waals surface area contributed by atoms with Crippen molar-refractivity contribution in [1.29, 1.82) is 0 Å². The Kier molecular flexibility index (Phi) is 4.11. The first kappa shape index (κ1) is 15.6. The lowest BCUT2D eigenvalue weighted by Crippen LogP contribution is -2.37. The van der Waals surface area contributed by atoms with E-state index in [0.717, 1.165) is 25.2 Å². The molecule has 1 amide bonds. The van der Waals surface area contributed by atoms with Crippen molar-refractivity contribution in [2.75, 3.05) is 6.54 Å². The molecule has 1 unspecified atom stereocenters. The molecule has 0 bridgehead atoms. The Labute approximate surface area is 135 Å². The lowest BCUT2D eigenvalue weighted by molar-refractivity contribution is -0.123. The zero-order chi connectivity index (χ0) is 16.4. The van der Waals surface area contributed by atoms with Crippen LogP contribution in [-0.2, 0) is 11.3 Å². The van der Waals surface area contributed by atoms with Crippen LogP contribution in [-0.4, -0.2) is 37.2 Å². The Morgan fingerprint density at radius 1 is 1.35 bits per heavy atom. The molecule has 3 rings (SSSR count). The number of carbonyl (C=O) groups excluding carboxylic acids is 1. The molecule has 0 aromatic carbocycles. The maximum Gasteiger partial charge on any atom is 0.230 e. The van der Waals surface area contributed by atoms with Crippen LogP contribution in [0.25, 0.3) is 11.5 Å². The SMILES string of the molecule is CC(C)(C)CNC(=O)C1CCCn2c(-c3cnccn3)nnc21. The minimum Gasteiger partial charge on any atom is -0.355 e. The van der Waals surface area contributed by atoms with Crippen molar-refractivity contribution >= 4 is 5.91 Å². The van der Waals surface area contributed by atoms with E-state index in [0.29, 0.717) is 18.1 Å². The molecule has 23 heavy (non-hydrogen) atoms. The fourth-order valence-corrected chi connectivity index (χ4v) is 2.70. The van der Waals surface area contributed by atoms with Crippen LogP contribution in [0.3, 0.4) is 0 Å². The predicted octanol–water partition coefficient (Wildman–Crippen LogP) is 1.77. The summed E-state index contributed by atoms with van der Waals surface area (Å²) in [5.41, 5.74) is 0.741. The van der Waals surface area contributed by atoms with Crippen LogP contribution in [0.5, 0.6) is 0 Å². The van der Waals surface area contributed by atoms with Crippen LogP contribution in [0.15, 0.2) is 18.6 Å². The standard InChI is InChI=1S/C16H22N6O/c1-16(2,3)10-19-15(23)11-5-4-8-22-13(11)20-21-14(22)12-9-17-6-7-18-12/h6-7,9,11H,4-5,8,10H2,1-3H3,(H,19,23). The van der Waals surface area contributed by atoms with E-state index in [2.05, 4.69) is 46.3 Å². The summed E-state index contributed by atoms with van der Waals surface area (Å²) in [6.45, 7) is 7.75. The lowest BCUT2D eigenvalue weighted by Gasteiger charge is -2.25. The molecule has 1 aliphatic heterocycles. The molecule has 122 valence electrons. The molecule has 0 spiro atoms. The summed E-state index contributed by atoms with van der Waals surface area (Å²) in [5.74, 6) is 1.19. The van der Waals surface area contributed by atoms with Crippen molar-refractivity contribution < 1.29 is 4.79 Å². The summed E-state index contributed by atoms with van der Waals surface area (Å²) in [5, 5.41) is 11.5. The maximum atomic E-state index is 12.5. The zero-order valence-electron chi connectivity index (χ0n) is 13.8. The first-order valence-corrected chi connectivity index (χ1v) is 7.93. The molecule has 0 aliphatic carbocycles. The van der Waals surface area contributed by atoms with Crippen LogP contribution in [0.4, 0.5) is 0 Å². The molecule has 0 saturated heterocycles. The Morgan fingerprint density at radius 3 is 2.87 bits per heavy atom. The molecular weight excluding hydrogens is 292 g/mol. The van der Waals surface area contributed by atoms with E-state index in [1.165, 1.54) is 0 Å². The van der Waals surface area contributed by atoms with Gasteiger partial charge in [0.2, 0.25) is 5.91 Å². The second-order valence-electron chi connectivity index (χ2n) is 7.10. The zero-order valence-corrected chi connectivity index (χ0v) is 13.8. The number of nitrogens with one attached hydrogen (secondary N) is 1. The van der Waals surface area contributed by atoms with Gasteiger partial charge in [-0.05, 0) is 18.3 Å². The monoisotopic (exact) mass is 314 g/mol. The number of carbonyl (C=O) groups is 1. The van der Waals surface area contributed by atoms with Gasteiger partial charge in [0.05, 0.1) is 12.1 Å². The van der Waals surface area contributed by atoms with E-state index in [9.17, 15) is 4.79 Å². The Morgan fingerprint density at radius 2 is 2.17 bits per heavy atom. The van der Waals surface area contributed by atoms with Gasteiger partial charge in [-0.25, -0.2) is 4.98 Å². The van der Waals surface area contributed by atoms with Crippen molar-refractivity contribution in [2.45, 2.75) is 46.1 Å². The topological polar surface area (TPSA) is 85.6 Å².